The molecule has 1 heterocycles. The molecule has 0 radical (unpaired) electrons. The second kappa shape index (κ2) is 21.2. The maximum Gasteiger partial charge on any atom is 0.0468 e. The molecule has 0 amide bonds. The topological polar surface area (TPSA) is 3.24 Å². The van der Waals surface area contributed by atoms with Crippen molar-refractivity contribution in [3.8, 4) is 44.5 Å². The Bertz CT molecular complexity index is 4250. The number of anilines is 3. The van der Waals surface area contributed by atoms with E-state index in [0.717, 1.165) is 25.7 Å². The fourth-order valence-corrected chi connectivity index (χ4v) is 16.4. The van der Waals surface area contributed by atoms with Crippen molar-refractivity contribution in [2.75, 3.05) is 4.90 Å². The Morgan fingerprint density at radius 1 is 0.329 bits per heavy atom. The van der Waals surface area contributed by atoms with E-state index in [1.54, 1.807) is 11.1 Å². The van der Waals surface area contributed by atoms with Gasteiger partial charge in [-0.15, -0.1) is 11.3 Å². The summed E-state index contributed by atoms with van der Waals surface area (Å²) in [7, 11) is 0. The van der Waals surface area contributed by atoms with Gasteiger partial charge in [0.1, 0.15) is 0 Å². The highest BCUT2D eigenvalue weighted by atomic mass is 32.1. The van der Waals surface area contributed by atoms with Crippen LogP contribution in [0.2, 0.25) is 0 Å². The molecule has 406 valence electrons. The van der Waals surface area contributed by atoms with Crippen molar-refractivity contribution in [2.45, 2.75) is 129 Å². The third-order valence-electron chi connectivity index (χ3n) is 19.3. The molecule has 0 saturated heterocycles. The van der Waals surface area contributed by atoms with Crippen LogP contribution in [0.5, 0.6) is 0 Å². The molecule has 0 spiro atoms. The number of fused-ring (bicyclic) bond motifs is 12. The van der Waals surface area contributed by atoms with Crippen LogP contribution < -0.4 is 4.90 Å². The Kier molecular flexibility index (Phi) is 13.5. The molecule has 1 aromatic heterocycles. The minimum Gasteiger partial charge on any atom is -0.310 e. The molecule has 0 N–H and O–H groups in total. The lowest BCUT2D eigenvalue weighted by Crippen LogP contribution is -2.26. The fraction of sp³-hybridized carbons (Fsp3) is 0.250. The van der Waals surface area contributed by atoms with Crippen LogP contribution in [0, 0.1) is 13.8 Å². The zero-order valence-corrected chi connectivity index (χ0v) is 49.7. The van der Waals surface area contributed by atoms with Crippen LogP contribution in [0.15, 0.2) is 200 Å². The van der Waals surface area contributed by atoms with Crippen molar-refractivity contribution in [1.82, 2.24) is 0 Å². The molecule has 0 bridgehead atoms. The number of rotatable bonds is 17. The molecule has 2 aliphatic rings. The van der Waals surface area contributed by atoms with E-state index in [-0.39, 0.29) is 10.8 Å². The van der Waals surface area contributed by atoms with Crippen molar-refractivity contribution >= 4 is 80.9 Å². The van der Waals surface area contributed by atoms with Gasteiger partial charge >= 0.3 is 0 Å². The second-order valence-corrected chi connectivity index (χ2v) is 25.5. The molecule has 11 aromatic carbocycles. The average molecular weight is 1080 g/mol. The van der Waals surface area contributed by atoms with Crippen molar-refractivity contribution in [3.05, 3.63) is 234 Å². The third kappa shape index (κ3) is 8.45. The zero-order valence-electron chi connectivity index (χ0n) is 48.9. The summed E-state index contributed by atoms with van der Waals surface area (Å²) in [6.45, 7) is 14.0. The molecule has 0 atom stereocenters. The Balaban J connectivity index is 0.945. The van der Waals surface area contributed by atoms with E-state index in [1.165, 1.54) is 188 Å². The van der Waals surface area contributed by atoms with Gasteiger partial charge in [-0.2, -0.15) is 0 Å². The first-order valence-electron chi connectivity index (χ1n) is 31.0. The largest absolute Gasteiger partial charge is 0.310 e. The molecule has 2 heteroatoms. The van der Waals surface area contributed by atoms with Crippen LogP contribution >= 0.6 is 11.3 Å². The highest BCUT2D eigenvalue weighted by molar-refractivity contribution is 7.25. The first-order valence-corrected chi connectivity index (χ1v) is 31.8. The first-order chi connectivity index (χ1) is 40.2. The Morgan fingerprint density at radius 3 is 1.21 bits per heavy atom. The SMILES string of the molecule is CCCCC1(CCCC)c2cc(C)ccc2-c2ccc(N(c3ccc4c(c3)C(CCCC)(CCCC)c3cc(C)ccc3-4)c3ccc4cc(-c5c6ccccc6c(-c6ccc7sc8ccccc8c7c6)c6ccccc56)ccc4c3)cc21. The van der Waals surface area contributed by atoms with Gasteiger partial charge in [0.15, 0.2) is 0 Å². The predicted molar refractivity (Wildman–Crippen MR) is 357 cm³/mol. The van der Waals surface area contributed by atoms with E-state index in [1.807, 2.05) is 11.3 Å². The molecule has 0 unspecified atom stereocenters. The normalized spacial score (nSPS) is 13.8. The first kappa shape index (κ1) is 52.3. The third-order valence-corrected chi connectivity index (χ3v) is 20.5. The van der Waals surface area contributed by atoms with Gasteiger partial charge in [0.2, 0.25) is 0 Å². The molecule has 2 aliphatic carbocycles. The zero-order chi connectivity index (χ0) is 55.7. The highest BCUT2D eigenvalue weighted by Gasteiger charge is 2.44. The molecule has 14 rings (SSSR count). The molecule has 12 aromatic rings. The second-order valence-electron chi connectivity index (χ2n) is 24.4. The number of hydrogen-bond donors (Lipinski definition) is 0. The van der Waals surface area contributed by atoms with Gasteiger partial charge < -0.3 is 4.90 Å². The van der Waals surface area contributed by atoms with Crippen LogP contribution in [0.1, 0.15) is 138 Å². The average Bonchev–Trinajstić information content (AvgIpc) is 3.76. The molecule has 1 nitrogen and oxygen atoms in total. The lowest BCUT2D eigenvalue weighted by Gasteiger charge is -2.35. The Hall–Kier alpha value is -7.78. The van der Waals surface area contributed by atoms with E-state index >= 15 is 0 Å². The molecular weight excluding hydrogens is 1010 g/mol. The summed E-state index contributed by atoms with van der Waals surface area (Å²) in [5, 5.41) is 10.3. The number of unbranched alkanes of at least 4 members (excludes halogenated alkanes) is 4. The van der Waals surface area contributed by atoms with Crippen LogP contribution in [0.3, 0.4) is 0 Å². The van der Waals surface area contributed by atoms with E-state index in [0.29, 0.717) is 0 Å². The number of nitrogens with zero attached hydrogens (tertiary/aromatic N) is 1. The van der Waals surface area contributed by atoms with Gasteiger partial charge in [0, 0.05) is 48.1 Å². The van der Waals surface area contributed by atoms with Gasteiger partial charge in [-0.25, -0.2) is 0 Å². The molecule has 0 saturated carbocycles. The van der Waals surface area contributed by atoms with Gasteiger partial charge in [-0.05, 0) is 199 Å². The lowest BCUT2D eigenvalue weighted by atomic mass is 9.70. The highest BCUT2D eigenvalue weighted by Crippen LogP contribution is 2.59. The maximum atomic E-state index is 2.64. The lowest BCUT2D eigenvalue weighted by molar-refractivity contribution is 0.414. The van der Waals surface area contributed by atoms with Crippen LogP contribution in [-0.4, -0.2) is 0 Å². The van der Waals surface area contributed by atoms with Crippen molar-refractivity contribution < 1.29 is 0 Å². The van der Waals surface area contributed by atoms with Crippen molar-refractivity contribution in [3.63, 3.8) is 0 Å². The van der Waals surface area contributed by atoms with Gasteiger partial charge in [-0.3, -0.25) is 0 Å². The quantitative estimate of drug-likeness (QED) is 0.0822. The van der Waals surface area contributed by atoms with Crippen LogP contribution in [0.4, 0.5) is 17.1 Å². The minimum atomic E-state index is -0.0316. The Labute approximate surface area is 490 Å². The van der Waals surface area contributed by atoms with E-state index in [9.17, 15) is 0 Å². The van der Waals surface area contributed by atoms with Gasteiger partial charge in [0.05, 0.1) is 0 Å². The molecule has 82 heavy (non-hydrogen) atoms. The molecule has 0 aliphatic heterocycles. The van der Waals surface area contributed by atoms with Crippen molar-refractivity contribution in [1.29, 1.82) is 0 Å². The summed E-state index contributed by atoms with van der Waals surface area (Å²) in [6.07, 6.45) is 14.2. The molecular formula is C80H75NS. The maximum absolute atomic E-state index is 2.64. The predicted octanol–water partition coefficient (Wildman–Crippen LogP) is 24.2. The fourth-order valence-electron chi connectivity index (χ4n) is 15.3. The number of aryl methyl sites for hydroxylation is 2. The van der Waals surface area contributed by atoms with Gasteiger partial charge in [-0.1, -0.05) is 230 Å². The van der Waals surface area contributed by atoms with Crippen LogP contribution in [-0.2, 0) is 10.8 Å². The summed E-state index contributed by atoms with van der Waals surface area (Å²) in [6, 6.07) is 78.4. The van der Waals surface area contributed by atoms with E-state index in [2.05, 4.69) is 247 Å². The summed E-state index contributed by atoms with van der Waals surface area (Å²) >= 11 is 1.88. The smallest absolute Gasteiger partial charge is 0.0468 e. The summed E-state index contributed by atoms with van der Waals surface area (Å²) < 4.78 is 2.67. The Morgan fingerprint density at radius 2 is 0.707 bits per heavy atom. The minimum absolute atomic E-state index is 0.0316. The van der Waals surface area contributed by atoms with E-state index in [4.69, 9.17) is 0 Å². The monoisotopic (exact) mass is 1080 g/mol. The molecule has 0 fully saturated rings. The summed E-state index contributed by atoms with van der Waals surface area (Å²) in [5.74, 6) is 0. The van der Waals surface area contributed by atoms with E-state index < -0.39 is 0 Å². The number of benzene rings is 11. The van der Waals surface area contributed by atoms with Gasteiger partial charge in [0.25, 0.3) is 0 Å². The standard InChI is InChI=1S/C80H75NS/c1-7-11-41-79(42-12-8-2)71-45-52(5)27-36-61(71)63-38-34-59(50-73(63)79)81(60-35-39-64-62-37-28-53(6)46-72(62)80(43-13-9-3,44-14-10-4)74(64)51-60)58-33-31-54-47-56(30-29-55(54)48-58)77-66-22-15-17-24-68(66)78(69-25-18-16-23-67(69)77)57-32-40-76-70(49-57)65-21-19-20-26-75(65)82-76/h15-40,45-51H,7-14,41-44H2,1-6H3. The van der Waals surface area contributed by atoms with Crippen LogP contribution in [0.25, 0.3) is 97.0 Å². The number of thiophene rings is 1. The van der Waals surface area contributed by atoms with Crippen molar-refractivity contribution in [2.24, 2.45) is 0 Å². The summed E-state index contributed by atoms with van der Waals surface area (Å²) in [4.78, 5) is 2.63. The number of hydrogen-bond acceptors (Lipinski definition) is 2. The summed E-state index contributed by atoms with van der Waals surface area (Å²) in [5.41, 5.74) is 23.2.